The Morgan fingerprint density at radius 1 is 1.33 bits per heavy atom. The van der Waals surface area contributed by atoms with Crippen molar-refractivity contribution in [3.63, 3.8) is 0 Å². The van der Waals surface area contributed by atoms with Gasteiger partial charge in [0.2, 0.25) is 0 Å². The van der Waals surface area contributed by atoms with E-state index in [1.54, 1.807) is 0 Å². The second kappa shape index (κ2) is 5.89. The van der Waals surface area contributed by atoms with Crippen LogP contribution in [0.2, 0.25) is 0 Å². The first-order chi connectivity index (χ1) is 8.65. The topological polar surface area (TPSA) is 46.5 Å². The summed E-state index contributed by atoms with van der Waals surface area (Å²) in [6.45, 7) is 1.93. The monoisotopic (exact) mass is 248 g/mol. The highest BCUT2D eigenvalue weighted by atomic mass is 16.5. The van der Waals surface area contributed by atoms with Crippen LogP contribution in [-0.2, 0) is 4.79 Å². The summed E-state index contributed by atoms with van der Waals surface area (Å²) >= 11 is 0. The summed E-state index contributed by atoms with van der Waals surface area (Å²) in [6, 6.07) is 7.84. The van der Waals surface area contributed by atoms with E-state index in [9.17, 15) is 4.79 Å². The molecule has 3 heteroatoms. The van der Waals surface area contributed by atoms with E-state index in [1.165, 1.54) is 12.8 Å². The Morgan fingerprint density at radius 2 is 1.94 bits per heavy atom. The van der Waals surface area contributed by atoms with E-state index in [-0.39, 0.29) is 12.3 Å². The van der Waals surface area contributed by atoms with Crippen LogP contribution in [0.3, 0.4) is 0 Å². The number of hydrogen-bond donors (Lipinski definition) is 1. The summed E-state index contributed by atoms with van der Waals surface area (Å²) in [5, 5.41) is 8.76. The maximum Gasteiger partial charge on any atom is 0.303 e. The Kier molecular flexibility index (Phi) is 4.24. The van der Waals surface area contributed by atoms with Crippen LogP contribution in [0.5, 0.6) is 5.75 Å². The fourth-order valence-corrected chi connectivity index (χ4v) is 2.45. The van der Waals surface area contributed by atoms with Gasteiger partial charge in [-0.3, -0.25) is 4.79 Å². The molecule has 0 radical (unpaired) electrons. The third-order valence-electron chi connectivity index (χ3n) is 3.53. The summed E-state index contributed by atoms with van der Waals surface area (Å²) in [4.78, 5) is 10.7. The minimum atomic E-state index is -0.756. The van der Waals surface area contributed by atoms with E-state index in [0.717, 1.165) is 24.2 Å². The third-order valence-corrected chi connectivity index (χ3v) is 3.53. The van der Waals surface area contributed by atoms with Crippen molar-refractivity contribution in [1.82, 2.24) is 0 Å². The maximum atomic E-state index is 10.7. The van der Waals surface area contributed by atoms with E-state index >= 15 is 0 Å². The van der Waals surface area contributed by atoms with E-state index < -0.39 is 5.97 Å². The maximum absolute atomic E-state index is 10.7. The Hall–Kier alpha value is -1.51. The number of rotatable bonds is 5. The molecule has 2 rings (SSSR count). The first-order valence-electron chi connectivity index (χ1n) is 6.63. The Morgan fingerprint density at radius 3 is 2.50 bits per heavy atom. The number of benzene rings is 1. The molecule has 0 aliphatic heterocycles. The standard InChI is InChI=1S/C15H20O3/c1-11(10-15(16)17)12-6-8-14(9-7-12)18-13-4-2-3-5-13/h6-9,11,13H,2-5,10H2,1H3,(H,16,17). The molecule has 18 heavy (non-hydrogen) atoms. The van der Waals surface area contributed by atoms with Gasteiger partial charge in [0.15, 0.2) is 0 Å². The predicted octanol–water partition coefficient (Wildman–Crippen LogP) is 3.59. The van der Waals surface area contributed by atoms with Crippen molar-refractivity contribution in [2.75, 3.05) is 0 Å². The predicted molar refractivity (Wildman–Crippen MR) is 70.0 cm³/mol. The summed E-state index contributed by atoms with van der Waals surface area (Å²) in [7, 11) is 0. The molecule has 0 aromatic heterocycles. The second-order valence-electron chi connectivity index (χ2n) is 5.09. The first-order valence-corrected chi connectivity index (χ1v) is 6.63. The Balaban J connectivity index is 1.94. The van der Waals surface area contributed by atoms with Crippen molar-refractivity contribution in [3.05, 3.63) is 29.8 Å². The van der Waals surface area contributed by atoms with E-state index in [0.29, 0.717) is 6.10 Å². The van der Waals surface area contributed by atoms with Gasteiger partial charge < -0.3 is 9.84 Å². The molecule has 1 aliphatic rings. The lowest BCUT2D eigenvalue weighted by atomic mass is 9.98. The summed E-state index contributed by atoms with van der Waals surface area (Å²) in [5.74, 6) is 0.185. The molecular formula is C15H20O3. The van der Waals surface area contributed by atoms with Gasteiger partial charge in [-0.2, -0.15) is 0 Å². The molecule has 0 bridgehead atoms. The highest BCUT2D eigenvalue weighted by molar-refractivity contribution is 5.67. The third kappa shape index (κ3) is 3.49. The molecule has 1 atom stereocenters. The van der Waals surface area contributed by atoms with Crippen LogP contribution in [-0.4, -0.2) is 17.2 Å². The van der Waals surface area contributed by atoms with Crippen LogP contribution < -0.4 is 4.74 Å². The fourth-order valence-electron chi connectivity index (χ4n) is 2.45. The van der Waals surface area contributed by atoms with E-state index in [2.05, 4.69) is 0 Å². The molecule has 1 unspecified atom stereocenters. The largest absolute Gasteiger partial charge is 0.490 e. The van der Waals surface area contributed by atoms with Gasteiger partial charge in [-0.1, -0.05) is 19.1 Å². The first kappa shape index (κ1) is 12.9. The van der Waals surface area contributed by atoms with Gasteiger partial charge in [-0.05, 0) is 49.3 Å². The molecule has 0 heterocycles. The number of carboxylic acids is 1. The zero-order valence-electron chi connectivity index (χ0n) is 10.8. The molecular weight excluding hydrogens is 228 g/mol. The number of carbonyl (C=O) groups is 1. The van der Waals surface area contributed by atoms with Gasteiger partial charge in [0.05, 0.1) is 12.5 Å². The van der Waals surface area contributed by atoms with Gasteiger partial charge in [0, 0.05) is 0 Å². The molecule has 0 saturated heterocycles. The molecule has 3 nitrogen and oxygen atoms in total. The van der Waals surface area contributed by atoms with Crippen LogP contribution in [0.15, 0.2) is 24.3 Å². The molecule has 1 saturated carbocycles. The lowest BCUT2D eigenvalue weighted by molar-refractivity contribution is -0.137. The van der Waals surface area contributed by atoms with Gasteiger partial charge in [0.25, 0.3) is 0 Å². The van der Waals surface area contributed by atoms with Crippen molar-refractivity contribution < 1.29 is 14.6 Å². The van der Waals surface area contributed by atoms with Crippen LogP contribution in [0.1, 0.15) is 50.5 Å². The summed E-state index contributed by atoms with van der Waals surface area (Å²) in [5.41, 5.74) is 1.05. The molecule has 1 N–H and O–H groups in total. The van der Waals surface area contributed by atoms with Gasteiger partial charge >= 0.3 is 5.97 Å². The lowest BCUT2D eigenvalue weighted by Gasteiger charge is -2.14. The zero-order chi connectivity index (χ0) is 13.0. The molecule has 1 aliphatic carbocycles. The molecule has 1 fully saturated rings. The molecule has 0 spiro atoms. The van der Waals surface area contributed by atoms with Gasteiger partial charge in [-0.15, -0.1) is 0 Å². The van der Waals surface area contributed by atoms with Crippen molar-refractivity contribution >= 4 is 5.97 Å². The van der Waals surface area contributed by atoms with E-state index in [4.69, 9.17) is 9.84 Å². The van der Waals surface area contributed by atoms with Crippen LogP contribution in [0.25, 0.3) is 0 Å². The van der Waals surface area contributed by atoms with E-state index in [1.807, 2.05) is 31.2 Å². The number of hydrogen-bond acceptors (Lipinski definition) is 2. The molecule has 1 aromatic carbocycles. The summed E-state index contributed by atoms with van der Waals surface area (Å²) < 4.78 is 5.87. The highest BCUT2D eigenvalue weighted by Crippen LogP contribution is 2.26. The van der Waals surface area contributed by atoms with Gasteiger partial charge in [0.1, 0.15) is 5.75 Å². The Bertz CT molecular complexity index is 391. The average Bonchev–Trinajstić information content (AvgIpc) is 2.82. The number of ether oxygens (including phenoxy) is 1. The van der Waals surface area contributed by atoms with Crippen molar-refractivity contribution in [1.29, 1.82) is 0 Å². The number of aliphatic carboxylic acids is 1. The van der Waals surface area contributed by atoms with Crippen molar-refractivity contribution in [2.24, 2.45) is 0 Å². The van der Waals surface area contributed by atoms with Crippen LogP contribution in [0.4, 0.5) is 0 Å². The molecule has 98 valence electrons. The van der Waals surface area contributed by atoms with Gasteiger partial charge in [-0.25, -0.2) is 0 Å². The zero-order valence-corrected chi connectivity index (χ0v) is 10.8. The quantitative estimate of drug-likeness (QED) is 0.866. The SMILES string of the molecule is CC(CC(=O)O)c1ccc(OC2CCCC2)cc1. The smallest absolute Gasteiger partial charge is 0.303 e. The molecule has 0 amide bonds. The second-order valence-corrected chi connectivity index (χ2v) is 5.09. The molecule has 1 aromatic rings. The number of carboxylic acid groups (broad SMARTS) is 1. The summed E-state index contributed by atoms with van der Waals surface area (Å²) in [6.07, 6.45) is 5.36. The van der Waals surface area contributed by atoms with Crippen molar-refractivity contribution in [3.8, 4) is 5.75 Å². The lowest BCUT2D eigenvalue weighted by Crippen LogP contribution is -2.10. The van der Waals surface area contributed by atoms with Crippen molar-refractivity contribution in [2.45, 2.75) is 51.0 Å². The fraction of sp³-hybridized carbons (Fsp3) is 0.533. The average molecular weight is 248 g/mol. The van der Waals surface area contributed by atoms with Crippen LogP contribution >= 0.6 is 0 Å². The Labute approximate surface area is 108 Å². The highest BCUT2D eigenvalue weighted by Gasteiger charge is 2.16. The minimum absolute atomic E-state index is 0.0445. The van der Waals surface area contributed by atoms with Crippen LogP contribution in [0, 0.1) is 0 Å². The normalized spacial score (nSPS) is 17.6. The minimum Gasteiger partial charge on any atom is -0.490 e.